The van der Waals surface area contributed by atoms with Crippen molar-refractivity contribution in [3.8, 4) is 5.75 Å². The minimum Gasteiger partial charge on any atom is -0.459 e. The molecule has 0 aromatic heterocycles. The number of ketones is 1. The maximum Gasteiger partial charge on any atom is 0.178 e. The molecule has 1 aromatic carbocycles. The molecule has 0 radical (unpaired) electrons. The molecule has 32 heavy (non-hydrogen) atoms. The molecule has 0 aliphatic heterocycles. The summed E-state index contributed by atoms with van der Waals surface area (Å²) in [7, 11) is 0. The Morgan fingerprint density at radius 3 is 2.66 bits per heavy atom. The Bertz CT molecular complexity index is 1010. The summed E-state index contributed by atoms with van der Waals surface area (Å²) in [6, 6.07) is 9.46. The van der Waals surface area contributed by atoms with Gasteiger partial charge in [-0.15, -0.1) is 0 Å². The van der Waals surface area contributed by atoms with Crippen LogP contribution < -0.4 is 4.74 Å². The minimum atomic E-state index is -1.20. The van der Waals surface area contributed by atoms with Crippen LogP contribution >= 0.6 is 0 Å². The third-order valence-electron chi connectivity index (χ3n) is 9.41. The second kappa shape index (κ2) is 7.16. The molecule has 8 atom stereocenters. The average Bonchev–Trinajstić information content (AvgIpc) is 3.01. The van der Waals surface area contributed by atoms with Gasteiger partial charge in [0.05, 0.1) is 6.10 Å². The highest BCUT2D eigenvalue weighted by atomic mass is 16.5. The summed E-state index contributed by atoms with van der Waals surface area (Å²) >= 11 is 0. The minimum absolute atomic E-state index is 0.0398. The van der Waals surface area contributed by atoms with Gasteiger partial charge in [-0.05, 0) is 67.7 Å². The largest absolute Gasteiger partial charge is 0.459 e. The van der Waals surface area contributed by atoms with Gasteiger partial charge in [0.1, 0.15) is 17.1 Å². The Balaban J connectivity index is 1.49. The van der Waals surface area contributed by atoms with Gasteiger partial charge in [-0.2, -0.15) is 0 Å². The molecule has 170 valence electrons. The number of allylic oxidation sites excluding steroid dienone is 4. The highest BCUT2D eigenvalue weighted by Crippen LogP contribution is 2.68. The smallest absolute Gasteiger partial charge is 0.178 e. The molecule has 4 aliphatic carbocycles. The first kappa shape index (κ1) is 21.7. The fourth-order valence-corrected chi connectivity index (χ4v) is 7.93. The van der Waals surface area contributed by atoms with E-state index in [1.54, 1.807) is 12.2 Å². The Morgan fingerprint density at radius 2 is 1.94 bits per heavy atom. The van der Waals surface area contributed by atoms with Crippen molar-refractivity contribution in [1.29, 1.82) is 0 Å². The van der Waals surface area contributed by atoms with Crippen LogP contribution in [0.15, 0.2) is 66.5 Å². The van der Waals surface area contributed by atoms with E-state index >= 15 is 0 Å². The van der Waals surface area contributed by atoms with Gasteiger partial charge >= 0.3 is 0 Å². The maximum absolute atomic E-state index is 12.1. The number of benzene rings is 1. The highest BCUT2D eigenvalue weighted by molar-refractivity contribution is 6.01. The quantitative estimate of drug-likeness (QED) is 0.669. The van der Waals surface area contributed by atoms with Crippen molar-refractivity contribution < 1.29 is 19.7 Å². The van der Waals surface area contributed by atoms with Crippen LogP contribution in [0.4, 0.5) is 0 Å². The van der Waals surface area contributed by atoms with Crippen LogP contribution in [0.25, 0.3) is 0 Å². The molecule has 3 fully saturated rings. The van der Waals surface area contributed by atoms with Gasteiger partial charge in [-0.1, -0.05) is 57.2 Å². The van der Waals surface area contributed by atoms with Crippen molar-refractivity contribution in [3.05, 3.63) is 66.5 Å². The van der Waals surface area contributed by atoms with Crippen molar-refractivity contribution in [2.75, 3.05) is 0 Å². The van der Waals surface area contributed by atoms with E-state index in [1.807, 2.05) is 36.4 Å². The zero-order valence-electron chi connectivity index (χ0n) is 19.3. The first-order valence-electron chi connectivity index (χ1n) is 11.9. The number of hydrogen-bond acceptors (Lipinski definition) is 4. The summed E-state index contributed by atoms with van der Waals surface area (Å²) in [6.07, 6.45) is 7.79. The molecule has 4 nitrogen and oxygen atoms in total. The number of para-hydroxylation sites is 1. The Kier molecular flexibility index (Phi) is 4.85. The van der Waals surface area contributed by atoms with E-state index in [-0.39, 0.29) is 34.9 Å². The van der Waals surface area contributed by atoms with Crippen molar-refractivity contribution in [3.63, 3.8) is 0 Å². The number of rotatable bonds is 3. The third-order valence-corrected chi connectivity index (χ3v) is 9.41. The standard InChI is InChI=1S/C28H34O4/c1-17-14-21-22-11-13-28(31,18(2)32-20-8-6-5-7-9-20)27(22,4)16-24(30)25(21)26(3)12-10-19(29)15-23(17)26/h5-10,12,15,17,21-22,24-25,30-31H,2,11,13-14,16H2,1,3-4H3/t17-,21-,22-,24-,25+,26-,27-,28-/m0/s1. The van der Waals surface area contributed by atoms with Crippen LogP contribution in [0.5, 0.6) is 5.75 Å². The maximum atomic E-state index is 12.1. The Morgan fingerprint density at radius 1 is 1.22 bits per heavy atom. The molecular formula is C28H34O4. The van der Waals surface area contributed by atoms with Gasteiger partial charge in [0.25, 0.3) is 0 Å². The van der Waals surface area contributed by atoms with Crippen LogP contribution in [0.2, 0.25) is 0 Å². The summed E-state index contributed by atoms with van der Waals surface area (Å²) < 4.78 is 6.04. The normalized spacial score (nSPS) is 44.8. The molecule has 0 unspecified atom stereocenters. The summed E-state index contributed by atoms with van der Waals surface area (Å²) in [6.45, 7) is 10.7. The van der Waals surface area contributed by atoms with E-state index in [1.165, 1.54) is 0 Å². The van der Waals surface area contributed by atoms with Gasteiger partial charge < -0.3 is 14.9 Å². The third kappa shape index (κ3) is 2.85. The van der Waals surface area contributed by atoms with E-state index < -0.39 is 17.1 Å². The van der Waals surface area contributed by atoms with Crippen LogP contribution in [0.3, 0.4) is 0 Å². The predicted octanol–water partition coefficient (Wildman–Crippen LogP) is 4.83. The molecule has 0 saturated heterocycles. The van der Waals surface area contributed by atoms with Gasteiger partial charge in [0.15, 0.2) is 5.78 Å². The molecule has 1 aromatic rings. The zero-order chi connectivity index (χ0) is 22.9. The lowest BCUT2D eigenvalue weighted by Crippen LogP contribution is -2.60. The lowest BCUT2D eigenvalue weighted by molar-refractivity contribution is -0.162. The lowest BCUT2D eigenvalue weighted by Gasteiger charge is -2.61. The van der Waals surface area contributed by atoms with Crippen molar-refractivity contribution in [2.24, 2.45) is 34.5 Å². The molecule has 3 saturated carbocycles. The number of carbonyl (C=O) groups excluding carboxylic acids is 1. The average molecular weight is 435 g/mol. The highest BCUT2D eigenvalue weighted by Gasteiger charge is 2.68. The molecular weight excluding hydrogens is 400 g/mol. The number of aliphatic hydroxyl groups excluding tert-OH is 1. The van der Waals surface area contributed by atoms with Gasteiger partial charge in [0, 0.05) is 16.7 Å². The SMILES string of the molecule is C=C(Oc1ccccc1)[C@@]1(O)CC[C@H]2[C@@H]3C[C@H](C)C4=CC(=O)C=C[C@]4(C)[C@H]3[C@@H](O)C[C@@]21C. The Labute approximate surface area is 190 Å². The topological polar surface area (TPSA) is 66.8 Å². The number of fused-ring (bicyclic) bond motifs is 5. The van der Waals surface area contributed by atoms with Gasteiger partial charge in [0.2, 0.25) is 0 Å². The monoisotopic (exact) mass is 434 g/mol. The second-order valence-electron chi connectivity index (χ2n) is 11.0. The molecule has 2 N–H and O–H groups in total. The van der Waals surface area contributed by atoms with E-state index in [2.05, 4.69) is 27.4 Å². The first-order chi connectivity index (χ1) is 15.1. The van der Waals surface area contributed by atoms with Crippen molar-refractivity contribution in [1.82, 2.24) is 0 Å². The van der Waals surface area contributed by atoms with Crippen molar-refractivity contribution >= 4 is 5.78 Å². The molecule has 4 aliphatic rings. The number of hydrogen-bond donors (Lipinski definition) is 2. The zero-order valence-corrected chi connectivity index (χ0v) is 19.3. The first-order valence-corrected chi connectivity index (χ1v) is 11.9. The summed E-state index contributed by atoms with van der Waals surface area (Å²) in [5, 5.41) is 23.5. The van der Waals surface area contributed by atoms with Crippen LogP contribution in [-0.4, -0.2) is 27.7 Å². The molecule has 0 heterocycles. The summed E-state index contributed by atoms with van der Waals surface area (Å²) in [5.74, 6) is 1.90. The van der Waals surface area contributed by atoms with E-state index in [9.17, 15) is 15.0 Å². The Hall–Kier alpha value is -2.17. The lowest BCUT2D eigenvalue weighted by atomic mass is 9.45. The van der Waals surface area contributed by atoms with E-state index in [4.69, 9.17) is 4.74 Å². The number of aliphatic hydroxyl groups is 2. The number of carbonyl (C=O) groups is 1. The molecule has 0 bridgehead atoms. The van der Waals surface area contributed by atoms with Crippen LogP contribution in [0, 0.1) is 34.5 Å². The fraction of sp³-hybridized carbons (Fsp3) is 0.536. The summed E-state index contributed by atoms with van der Waals surface area (Å²) in [4.78, 5) is 12.1. The van der Waals surface area contributed by atoms with Crippen molar-refractivity contribution in [2.45, 2.75) is 58.2 Å². The van der Waals surface area contributed by atoms with Crippen LogP contribution in [0.1, 0.15) is 46.5 Å². The van der Waals surface area contributed by atoms with Gasteiger partial charge in [-0.3, -0.25) is 4.79 Å². The second-order valence-corrected chi connectivity index (χ2v) is 11.0. The molecule has 0 amide bonds. The molecule has 0 spiro atoms. The molecule has 4 heteroatoms. The van der Waals surface area contributed by atoms with Crippen LogP contribution in [-0.2, 0) is 4.79 Å². The predicted molar refractivity (Wildman–Crippen MR) is 124 cm³/mol. The number of ether oxygens (including phenoxy) is 1. The van der Waals surface area contributed by atoms with Gasteiger partial charge in [-0.25, -0.2) is 0 Å². The molecule has 5 rings (SSSR count). The van der Waals surface area contributed by atoms with E-state index in [0.717, 1.165) is 18.4 Å². The van der Waals surface area contributed by atoms with E-state index in [0.29, 0.717) is 24.4 Å². The summed E-state index contributed by atoms with van der Waals surface area (Å²) in [5.41, 5.74) is -0.892. The fourth-order valence-electron chi connectivity index (χ4n) is 7.93.